The molecule has 0 aliphatic carbocycles. The Balaban J connectivity index is 3.02. The van der Waals surface area contributed by atoms with Crippen LogP contribution in [-0.4, -0.2) is 14.0 Å². The zero-order chi connectivity index (χ0) is 15.2. The number of hydrogen-bond donors (Lipinski definition) is 1. The predicted octanol–water partition coefficient (Wildman–Crippen LogP) is 3.00. The Morgan fingerprint density at radius 3 is 2.10 bits per heavy atom. The maximum Gasteiger partial charge on any atom is 0.241 e. The third kappa shape index (κ3) is 3.81. The Morgan fingerprint density at radius 1 is 1.15 bits per heavy atom. The molecule has 1 rings (SSSR count). The summed E-state index contributed by atoms with van der Waals surface area (Å²) in [4.78, 5) is 0.207. The molecule has 0 aliphatic heterocycles. The zero-order valence-electron chi connectivity index (χ0n) is 12.3. The Morgan fingerprint density at radius 2 is 1.70 bits per heavy atom. The van der Waals surface area contributed by atoms with E-state index in [0.717, 1.165) is 18.4 Å². The standard InChI is InChI=1S/C15H22N2O2S/c1-4-7-13-8-10-14(11-9-13)20(18,19)17-15(5-2,6-3)12-16/h8-11,17H,4-7H2,1-3H3. The maximum atomic E-state index is 12.3. The molecule has 5 heteroatoms. The second-order valence-electron chi connectivity index (χ2n) is 4.90. The van der Waals surface area contributed by atoms with Gasteiger partial charge in [0, 0.05) is 0 Å². The van der Waals surface area contributed by atoms with Gasteiger partial charge in [-0.15, -0.1) is 0 Å². The van der Waals surface area contributed by atoms with Crippen molar-refractivity contribution < 1.29 is 8.42 Å². The van der Waals surface area contributed by atoms with Gasteiger partial charge in [-0.25, -0.2) is 8.42 Å². The average molecular weight is 294 g/mol. The fraction of sp³-hybridized carbons (Fsp3) is 0.533. The minimum atomic E-state index is -3.66. The first-order valence-corrected chi connectivity index (χ1v) is 8.45. The topological polar surface area (TPSA) is 70.0 Å². The molecule has 0 spiro atoms. The summed E-state index contributed by atoms with van der Waals surface area (Å²) in [5.74, 6) is 0. The molecule has 0 radical (unpaired) electrons. The van der Waals surface area contributed by atoms with Crippen LogP contribution in [0.4, 0.5) is 0 Å². The van der Waals surface area contributed by atoms with Gasteiger partial charge in [0.15, 0.2) is 0 Å². The molecule has 1 N–H and O–H groups in total. The molecule has 0 atom stereocenters. The second-order valence-corrected chi connectivity index (χ2v) is 6.58. The molecule has 0 saturated heterocycles. The Kier molecular flexibility index (Phi) is 5.73. The van der Waals surface area contributed by atoms with Gasteiger partial charge in [-0.3, -0.25) is 0 Å². The van der Waals surface area contributed by atoms with Crippen molar-refractivity contribution >= 4 is 10.0 Å². The first kappa shape index (κ1) is 16.7. The van der Waals surface area contributed by atoms with Crippen molar-refractivity contribution in [2.75, 3.05) is 0 Å². The SMILES string of the molecule is CCCc1ccc(S(=O)(=O)NC(C#N)(CC)CC)cc1. The van der Waals surface area contributed by atoms with Gasteiger partial charge in [-0.2, -0.15) is 9.98 Å². The van der Waals surface area contributed by atoms with E-state index in [1.165, 1.54) is 0 Å². The molecule has 20 heavy (non-hydrogen) atoms. The number of aryl methyl sites for hydroxylation is 1. The largest absolute Gasteiger partial charge is 0.241 e. The van der Waals surface area contributed by atoms with Gasteiger partial charge < -0.3 is 0 Å². The second kappa shape index (κ2) is 6.87. The van der Waals surface area contributed by atoms with E-state index in [1.54, 1.807) is 26.0 Å². The Bertz CT molecular complexity index is 567. The van der Waals surface area contributed by atoms with Crippen LogP contribution >= 0.6 is 0 Å². The minimum Gasteiger partial charge on any atom is -0.207 e. The van der Waals surface area contributed by atoms with Crippen molar-refractivity contribution in [2.45, 2.75) is 56.9 Å². The molecule has 1 aromatic rings. The monoisotopic (exact) mass is 294 g/mol. The number of sulfonamides is 1. The van der Waals surface area contributed by atoms with Crippen molar-refractivity contribution in [2.24, 2.45) is 0 Å². The summed E-state index contributed by atoms with van der Waals surface area (Å²) < 4.78 is 27.2. The lowest BCUT2D eigenvalue weighted by molar-refractivity contribution is 0.446. The van der Waals surface area contributed by atoms with Crippen LogP contribution in [0.5, 0.6) is 0 Å². The quantitative estimate of drug-likeness (QED) is 0.840. The lowest BCUT2D eigenvalue weighted by Crippen LogP contribution is -2.46. The van der Waals surface area contributed by atoms with Gasteiger partial charge in [0.1, 0.15) is 5.54 Å². The number of nitriles is 1. The van der Waals surface area contributed by atoms with Crippen LogP contribution in [-0.2, 0) is 16.4 Å². The van der Waals surface area contributed by atoms with E-state index in [-0.39, 0.29) is 4.90 Å². The highest BCUT2D eigenvalue weighted by Gasteiger charge is 2.31. The summed E-state index contributed by atoms with van der Waals surface area (Å²) in [6, 6.07) is 8.93. The van der Waals surface area contributed by atoms with E-state index in [2.05, 4.69) is 17.7 Å². The minimum absolute atomic E-state index is 0.207. The highest BCUT2D eigenvalue weighted by Crippen LogP contribution is 2.19. The molecule has 0 fully saturated rings. The first-order chi connectivity index (χ1) is 9.43. The van der Waals surface area contributed by atoms with Crippen LogP contribution in [0.2, 0.25) is 0 Å². The normalized spacial score (nSPS) is 12.1. The van der Waals surface area contributed by atoms with Gasteiger partial charge in [0.25, 0.3) is 0 Å². The van der Waals surface area contributed by atoms with E-state index < -0.39 is 15.6 Å². The summed E-state index contributed by atoms with van der Waals surface area (Å²) in [6.07, 6.45) is 2.83. The fourth-order valence-electron chi connectivity index (χ4n) is 2.02. The van der Waals surface area contributed by atoms with Gasteiger partial charge in [-0.1, -0.05) is 39.3 Å². The Hall–Kier alpha value is -1.38. The van der Waals surface area contributed by atoms with Crippen molar-refractivity contribution in [3.63, 3.8) is 0 Å². The number of nitrogens with one attached hydrogen (secondary N) is 1. The molecule has 0 heterocycles. The summed E-state index contributed by atoms with van der Waals surface area (Å²) in [5, 5.41) is 9.22. The predicted molar refractivity (Wildman–Crippen MR) is 79.7 cm³/mol. The van der Waals surface area contributed by atoms with Crippen molar-refractivity contribution in [3.05, 3.63) is 29.8 Å². The van der Waals surface area contributed by atoms with Crippen LogP contribution in [0.3, 0.4) is 0 Å². The number of rotatable bonds is 7. The van der Waals surface area contributed by atoms with E-state index in [4.69, 9.17) is 0 Å². The summed E-state index contributed by atoms with van der Waals surface area (Å²) in [5.41, 5.74) is 0.0879. The summed E-state index contributed by atoms with van der Waals surface area (Å²) >= 11 is 0. The molecule has 4 nitrogen and oxygen atoms in total. The highest BCUT2D eigenvalue weighted by molar-refractivity contribution is 7.89. The van der Waals surface area contributed by atoms with Crippen molar-refractivity contribution in [1.82, 2.24) is 4.72 Å². The van der Waals surface area contributed by atoms with Gasteiger partial charge in [0.2, 0.25) is 10.0 Å². The van der Waals surface area contributed by atoms with Crippen LogP contribution in [0, 0.1) is 11.3 Å². The number of benzene rings is 1. The molecule has 0 aliphatic rings. The van der Waals surface area contributed by atoms with Gasteiger partial charge in [-0.05, 0) is 37.0 Å². The lowest BCUT2D eigenvalue weighted by atomic mass is 9.97. The van der Waals surface area contributed by atoms with Crippen molar-refractivity contribution in [1.29, 1.82) is 5.26 Å². The molecule has 0 saturated carbocycles. The van der Waals surface area contributed by atoms with Crippen LogP contribution in [0.25, 0.3) is 0 Å². The molecule has 0 amide bonds. The molecule has 0 aromatic heterocycles. The van der Waals surface area contributed by atoms with E-state index in [1.807, 2.05) is 12.1 Å². The van der Waals surface area contributed by atoms with Crippen LogP contribution in [0.15, 0.2) is 29.2 Å². The molecular formula is C15H22N2O2S. The molecule has 0 bridgehead atoms. The zero-order valence-corrected chi connectivity index (χ0v) is 13.1. The third-order valence-electron chi connectivity index (χ3n) is 3.52. The molecule has 0 unspecified atom stereocenters. The number of nitrogens with zero attached hydrogens (tertiary/aromatic N) is 1. The fourth-order valence-corrected chi connectivity index (χ4v) is 3.48. The number of hydrogen-bond acceptors (Lipinski definition) is 3. The van der Waals surface area contributed by atoms with E-state index in [0.29, 0.717) is 12.8 Å². The molecule has 110 valence electrons. The highest BCUT2D eigenvalue weighted by atomic mass is 32.2. The van der Waals surface area contributed by atoms with E-state index in [9.17, 15) is 13.7 Å². The Labute approximate surface area is 121 Å². The average Bonchev–Trinajstić information content (AvgIpc) is 2.46. The lowest BCUT2D eigenvalue weighted by Gasteiger charge is -2.24. The van der Waals surface area contributed by atoms with Crippen LogP contribution < -0.4 is 4.72 Å². The summed E-state index contributed by atoms with van der Waals surface area (Å²) in [7, 11) is -3.66. The smallest absolute Gasteiger partial charge is 0.207 e. The molecular weight excluding hydrogens is 272 g/mol. The molecule has 1 aromatic carbocycles. The first-order valence-electron chi connectivity index (χ1n) is 6.97. The van der Waals surface area contributed by atoms with Gasteiger partial charge in [0.05, 0.1) is 11.0 Å². The third-order valence-corrected chi connectivity index (χ3v) is 5.08. The summed E-state index contributed by atoms with van der Waals surface area (Å²) in [6.45, 7) is 5.69. The van der Waals surface area contributed by atoms with Crippen molar-refractivity contribution in [3.8, 4) is 6.07 Å². The maximum absolute atomic E-state index is 12.3. The van der Waals surface area contributed by atoms with E-state index >= 15 is 0 Å². The van der Waals surface area contributed by atoms with Crippen LogP contribution in [0.1, 0.15) is 45.6 Å². The van der Waals surface area contributed by atoms with Gasteiger partial charge >= 0.3 is 0 Å².